The number of hydrogen-bond donors (Lipinski definition) is 1. The fraction of sp³-hybridized carbons (Fsp3) is 0.0400. The third kappa shape index (κ3) is 3.16. The van der Waals surface area contributed by atoms with Crippen LogP contribution in [0.3, 0.4) is 0 Å². The fourth-order valence-corrected chi connectivity index (χ4v) is 3.48. The highest BCUT2D eigenvalue weighted by Crippen LogP contribution is 2.31. The topological polar surface area (TPSA) is 72.5 Å². The van der Waals surface area contributed by atoms with Gasteiger partial charge in [0.05, 0.1) is 0 Å². The summed E-state index contributed by atoms with van der Waals surface area (Å²) in [6.07, 6.45) is 0. The lowest BCUT2D eigenvalue weighted by atomic mass is 10.1. The molecule has 30 heavy (non-hydrogen) atoms. The first-order valence-corrected chi connectivity index (χ1v) is 9.52. The van der Waals surface area contributed by atoms with Crippen LogP contribution >= 0.6 is 0 Å². The van der Waals surface area contributed by atoms with E-state index in [-0.39, 0.29) is 17.5 Å². The number of fused-ring (bicyclic) bond motifs is 3. The van der Waals surface area contributed by atoms with Gasteiger partial charge >= 0.3 is 0 Å². The third-order valence-electron chi connectivity index (χ3n) is 5.04. The Balaban J connectivity index is 1.39. The van der Waals surface area contributed by atoms with Crippen molar-refractivity contribution in [2.75, 3.05) is 5.32 Å². The van der Waals surface area contributed by atoms with Gasteiger partial charge in [0.2, 0.25) is 0 Å². The van der Waals surface area contributed by atoms with Crippen LogP contribution in [0, 0.1) is 0 Å². The second-order valence-corrected chi connectivity index (χ2v) is 7.06. The number of ketones is 1. The van der Waals surface area contributed by atoms with Gasteiger partial charge in [-0.1, -0.05) is 42.5 Å². The molecule has 146 valence electrons. The predicted molar refractivity (Wildman–Crippen MR) is 116 cm³/mol. The molecule has 0 fully saturated rings. The van der Waals surface area contributed by atoms with Crippen molar-refractivity contribution in [2.45, 2.75) is 6.92 Å². The summed E-state index contributed by atoms with van der Waals surface area (Å²) in [5.41, 5.74) is 3.66. The Morgan fingerprint density at radius 1 is 0.767 bits per heavy atom. The van der Waals surface area contributed by atoms with Gasteiger partial charge in [0, 0.05) is 27.6 Å². The molecule has 1 amide bonds. The molecule has 5 nitrogen and oxygen atoms in total. The van der Waals surface area contributed by atoms with E-state index < -0.39 is 0 Å². The highest BCUT2D eigenvalue weighted by Gasteiger charge is 2.14. The number of para-hydroxylation sites is 1. The Labute approximate surface area is 171 Å². The van der Waals surface area contributed by atoms with E-state index in [1.54, 1.807) is 42.5 Å². The minimum Gasteiger partial charge on any atom is -0.456 e. The van der Waals surface area contributed by atoms with Crippen molar-refractivity contribution in [3.63, 3.8) is 0 Å². The lowest BCUT2D eigenvalue weighted by molar-refractivity contribution is 0.0994. The number of nitrogens with one attached hydrogen (secondary N) is 1. The average Bonchev–Trinajstić information content (AvgIpc) is 3.39. The van der Waals surface area contributed by atoms with Crippen LogP contribution in [-0.4, -0.2) is 11.7 Å². The normalized spacial score (nSPS) is 11.1. The minimum absolute atomic E-state index is 0.00318. The largest absolute Gasteiger partial charge is 0.456 e. The molecule has 5 heteroatoms. The van der Waals surface area contributed by atoms with Gasteiger partial charge in [0.1, 0.15) is 16.9 Å². The van der Waals surface area contributed by atoms with Gasteiger partial charge in [-0.25, -0.2) is 0 Å². The number of hydrogen-bond acceptors (Lipinski definition) is 4. The maximum absolute atomic E-state index is 12.7. The van der Waals surface area contributed by atoms with E-state index in [2.05, 4.69) is 5.32 Å². The maximum atomic E-state index is 12.7. The van der Waals surface area contributed by atoms with E-state index >= 15 is 0 Å². The summed E-state index contributed by atoms with van der Waals surface area (Å²) in [6, 6.07) is 23.8. The first-order chi connectivity index (χ1) is 14.6. The summed E-state index contributed by atoms with van der Waals surface area (Å²) >= 11 is 0. The number of benzene rings is 3. The first-order valence-electron chi connectivity index (χ1n) is 9.52. The second-order valence-electron chi connectivity index (χ2n) is 7.06. The van der Waals surface area contributed by atoms with E-state index in [0.29, 0.717) is 17.0 Å². The lowest BCUT2D eigenvalue weighted by Crippen LogP contribution is -2.10. The summed E-state index contributed by atoms with van der Waals surface area (Å²) in [6.45, 7) is 1.52. The smallest absolute Gasteiger partial charge is 0.291 e. The summed E-state index contributed by atoms with van der Waals surface area (Å²) in [5.74, 6) is 0.432. The second kappa shape index (κ2) is 7.04. The lowest BCUT2D eigenvalue weighted by Gasteiger charge is -2.03. The highest BCUT2D eigenvalue weighted by atomic mass is 16.4. The zero-order valence-corrected chi connectivity index (χ0v) is 16.1. The van der Waals surface area contributed by atoms with Crippen LogP contribution in [0.2, 0.25) is 0 Å². The van der Waals surface area contributed by atoms with Gasteiger partial charge in [-0.3, -0.25) is 9.59 Å². The quantitative estimate of drug-likeness (QED) is 0.362. The average molecular weight is 395 g/mol. The molecular weight excluding hydrogens is 378 g/mol. The molecule has 0 aliphatic heterocycles. The Hall–Kier alpha value is -4.12. The summed E-state index contributed by atoms with van der Waals surface area (Å²) < 4.78 is 11.6. The van der Waals surface area contributed by atoms with Crippen LogP contribution in [0.5, 0.6) is 0 Å². The van der Waals surface area contributed by atoms with Crippen LogP contribution < -0.4 is 5.32 Å². The van der Waals surface area contributed by atoms with E-state index in [0.717, 1.165) is 27.5 Å². The number of carbonyl (C=O) groups excluding carboxylic acids is 2. The van der Waals surface area contributed by atoms with Crippen LogP contribution in [0.1, 0.15) is 27.8 Å². The van der Waals surface area contributed by atoms with E-state index in [1.807, 2.05) is 36.4 Å². The van der Waals surface area contributed by atoms with Gasteiger partial charge in [0.15, 0.2) is 11.5 Å². The molecular formula is C25H17NO4. The van der Waals surface area contributed by atoms with Crippen molar-refractivity contribution in [1.82, 2.24) is 0 Å². The van der Waals surface area contributed by atoms with Gasteiger partial charge in [-0.05, 0) is 43.3 Å². The van der Waals surface area contributed by atoms with E-state index in [4.69, 9.17) is 8.83 Å². The zero-order valence-electron chi connectivity index (χ0n) is 16.1. The fourth-order valence-electron chi connectivity index (χ4n) is 3.48. The summed E-state index contributed by atoms with van der Waals surface area (Å²) in [5, 5.41) is 4.81. The third-order valence-corrected chi connectivity index (χ3v) is 5.04. The van der Waals surface area contributed by atoms with Crippen molar-refractivity contribution in [3.8, 4) is 11.3 Å². The van der Waals surface area contributed by atoms with Crippen molar-refractivity contribution < 1.29 is 18.4 Å². The molecule has 0 saturated carbocycles. The minimum atomic E-state index is -0.339. The molecule has 0 saturated heterocycles. The first kappa shape index (κ1) is 17.9. The maximum Gasteiger partial charge on any atom is 0.291 e. The Kier molecular flexibility index (Phi) is 4.21. The molecule has 0 bridgehead atoms. The van der Waals surface area contributed by atoms with E-state index in [1.165, 1.54) is 6.92 Å². The monoisotopic (exact) mass is 395 g/mol. The van der Waals surface area contributed by atoms with Crippen LogP contribution in [0.25, 0.3) is 33.3 Å². The van der Waals surface area contributed by atoms with Gasteiger partial charge in [-0.2, -0.15) is 0 Å². The van der Waals surface area contributed by atoms with Gasteiger partial charge in [-0.15, -0.1) is 0 Å². The standard InChI is InChI=1S/C25H17NO4/c1-15(27)16-6-8-17(9-7-16)21-12-13-24(29-21)25(28)26-18-10-11-23-20(14-18)19-4-2-3-5-22(19)30-23/h2-14H,1H3,(H,26,28). The number of anilines is 1. The van der Waals surface area contributed by atoms with Crippen molar-refractivity contribution in [3.05, 3.63) is 90.2 Å². The molecule has 0 aliphatic rings. The zero-order chi connectivity index (χ0) is 20.7. The number of rotatable bonds is 4. The molecule has 0 atom stereocenters. The van der Waals surface area contributed by atoms with Crippen molar-refractivity contribution in [1.29, 1.82) is 0 Å². The molecule has 0 aliphatic carbocycles. The molecule has 5 rings (SSSR count). The summed E-state index contributed by atoms with van der Waals surface area (Å²) in [4.78, 5) is 24.1. The molecule has 0 spiro atoms. The summed E-state index contributed by atoms with van der Waals surface area (Å²) in [7, 11) is 0. The van der Waals surface area contributed by atoms with Crippen LogP contribution in [0.15, 0.2) is 87.7 Å². The SMILES string of the molecule is CC(=O)c1ccc(-c2ccc(C(=O)Nc3ccc4oc5ccccc5c4c3)o2)cc1. The van der Waals surface area contributed by atoms with Crippen LogP contribution in [-0.2, 0) is 0 Å². The molecule has 5 aromatic rings. The number of carbonyl (C=O) groups is 2. The van der Waals surface area contributed by atoms with Gasteiger partial charge in [0.25, 0.3) is 5.91 Å². The van der Waals surface area contributed by atoms with Crippen LogP contribution in [0.4, 0.5) is 5.69 Å². The van der Waals surface area contributed by atoms with Crippen molar-refractivity contribution >= 4 is 39.3 Å². The predicted octanol–water partition coefficient (Wildman–Crippen LogP) is 6.30. The van der Waals surface area contributed by atoms with E-state index in [9.17, 15) is 9.59 Å². The number of furan rings is 2. The molecule has 3 aromatic carbocycles. The number of Topliss-reactive ketones (excluding diaryl/α,β-unsaturated/α-hetero) is 1. The Morgan fingerprint density at radius 3 is 2.33 bits per heavy atom. The van der Waals surface area contributed by atoms with Gasteiger partial charge < -0.3 is 14.2 Å². The Morgan fingerprint density at radius 2 is 1.53 bits per heavy atom. The highest BCUT2D eigenvalue weighted by molar-refractivity contribution is 6.08. The number of amides is 1. The molecule has 1 N–H and O–H groups in total. The van der Waals surface area contributed by atoms with Crippen molar-refractivity contribution in [2.24, 2.45) is 0 Å². The molecule has 2 heterocycles. The molecule has 2 aromatic heterocycles. The Bertz CT molecular complexity index is 1410. The molecule has 0 radical (unpaired) electrons. The molecule has 0 unspecified atom stereocenters.